The van der Waals surface area contributed by atoms with Gasteiger partial charge in [0.25, 0.3) is 0 Å². The van der Waals surface area contributed by atoms with Gasteiger partial charge >= 0.3 is 0 Å². The van der Waals surface area contributed by atoms with E-state index in [1.54, 1.807) is 7.11 Å². The van der Waals surface area contributed by atoms with Crippen LogP contribution in [-0.2, 0) is 13.1 Å². The molecule has 1 fully saturated rings. The van der Waals surface area contributed by atoms with Crippen LogP contribution in [0.3, 0.4) is 0 Å². The van der Waals surface area contributed by atoms with Gasteiger partial charge in [-0.15, -0.1) is 0 Å². The van der Waals surface area contributed by atoms with Gasteiger partial charge in [0, 0.05) is 31.2 Å². The minimum atomic E-state index is 0.438. The Morgan fingerprint density at radius 2 is 1.89 bits per heavy atom. The van der Waals surface area contributed by atoms with Crippen molar-refractivity contribution in [3.05, 3.63) is 89.5 Å². The molecule has 0 radical (unpaired) electrons. The van der Waals surface area contributed by atoms with Crippen LogP contribution in [0.1, 0.15) is 60.1 Å². The number of likely N-dealkylation sites (tertiary alicyclic amines) is 1. The zero-order chi connectivity index (χ0) is 25.2. The van der Waals surface area contributed by atoms with Gasteiger partial charge in [-0.25, -0.2) is 14.6 Å². The van der Waals surface area contributed by atoms with Gasteiger partial charge in [0.05, 0.1) is 24.8 Å². The van der Waals surface area contributed by atoms with E-state index in [1.165, 1.54) is 24.8 Å². The molecule has 1 unspecified atom stereocenters. The van der Waals surface area contributed by atoms with E-state index in [9.17, 15) is 0 Å². The topological polar surface area (TPSA) is 61.0 Å². The summed E-state index contributed by atoms with van der Waals surface area (Å²) in [5.74, 6) is 3.17. The number of hydrogen-bond donors (Lipinski definition) is 0. The number of aryl methyl sites for hydroxylation is 2. The van der Waals surface area contributed by atoms with Gasteiger partial charge in [-0.3, -0.25) is 4.90 Å². The lowest BCUT2D eigenvalue weighted by atomic mass is 9.89. The van der Waals surface area contributed by atoms with Gasteiger partial charge in [0.2, 0.25) is 0 Å². The fourth-order valence-corrected chi connectivity index (χ4v) is 5.89. The lowest BCUT2D eigenvalue weighted by Gasteiger charge is -2.33. The van der Waals surface area contributed by atoms with Crippen molar-refractivity contribution in [1.82, 2.24) is 29.2 Å². The fourth-order valence-electron chi connectivity index (χ4n) is 5.89. The molecule has 0 saturated carbocycles. The largest absolute Gasteiger partial charge is 0.495 e. The Bertz CT molecular complexity index is 1390. The lowest BCUT2D eigenvalue weighted by Crippen LogP contribution is -2.37. The van der Waals surface area contributed by atoms with Crippen molar-refractivity contribution in [2.24, 2.45) is 0 Å². The summed E-state index contributed by atoms with van der Waals surface area (Å²) in [7, 11) is 1.70. The van der Waals surface area contributed by atoms with Crippen LogP contribution in [0.15, 0.2) is 61.1 Å². The van der Waals surface area contributed by atoms with Gasteiger partial charge in [-0.05, 0) is 68.5 Å². The monoisotopic (exact) mass is 494 g/mol. The van der Waals surface area contributed by atoms with Crippen molar-refractivity contribution >= 4 is 12.2 Å². The van der Waals surface area contributed by atoms with Crippen molar-refractivity contribution < 1.29 is 4.74 Å². The average Bonchev–Trinajstić information content (AvgIpc) is 3.67. The molecule has 2 aliphatic rings. The number of imidazole rings is 1. The van der Waals surface area contributed by atoms with Crippen LogP contribution in [0.25, 0.3) is 17.8 Å². The predicted octanol–water partition coefficient (Wildman–Crippen LogP) is 5.49. The fraction of sp³-hybridized carbons (Fsp3) is 0.367. The minimum Gasteiger partial charge on any atom is -0.495 e. The molecule has 4 heterocycles. The van der Waals surface area contributed by atoms with E-state index in [0.717, 1.165) is 60.4 Å². The first-order chi connectivity index (χ1) is 18.2. The molecular formula is C30H34N6O. The average molecular weight is 495 g/mol. The highest BCUT2D eigenvalue weighted by Crippen LogP contribution is 2.37. The van der Waals surface area contributed by atoms with Crippen LogP contribution in [0, 0.1) is 6.92 Å². The third-order valence-electron chi connectivity index (χ3n) is 7.66. The standard InChI is InChI=1S/C30H34N6O/c1-22-19-35(21-31-22)27-14-12-23(18-28(27)37-2)13-15-29-32-30-25(10-6-17-36(30)33-29)26-11-7-16-34(26)20-24-8-4-3-5-9-24/h3-5,8-9,12-15,18-19,21,25-26H,6-7,10-11,16-17,20H2,1-2H3/t25-,26?/m1/s1. The molecule has 2 atom stereocenters. The molecule has 4 aromatic rings. The van der Waals surface area contributed by atoms with Crippen molar-refractivity contribution in [3.63, 3.8) is 0 Å². The number of methoxy groups -OCH3 is 1. The van der Waals surface area contributed by atoms with Gasteiger partial charge in [0.15, 0.2) is 5.82 Å². The second kappa shape index (κ2) is 10.3. The van der Waals surface area contributed by atoms with Crippen molar-refractivity contribution in [2.45, 2.75) is 57.7 Å². The maximum absolute atomic E-state index is 5.67. The van der Waals surface area contributed by atoms with E-state index < -0.39 is 0 Å². The molecule has 7 nitrogen and oxygen atoms in total. The summed E-state index contributed by atoms with van der Waals surface area (Å²) in [6.45, 7) is 5.10. The third kappa shape index (κ3) is 4.96. The predicted molar refractivity (Wildman–Crippen MR) is 146 cm³/mol. The molecule has 0 amide bonds. The Labute approximate surface area is 218 Å². The second-order valence-corrected chi connectivity index (χ2v) is 10.2. The molecule has 6 rings (SSSR count). The maximum atomic E-state index is 5.67. The Morgan fingerprint density at radius 3 is 2.70 bits per heavy atom. The Kier molecular flexibility index (Phi) is 6.62. The molecule has 0 spiro atoms. The van der Waals surface area contributed by atoms with Crippen molar-refractivity contribution in [1.29, 1.82) is 0 Å². The molecule has 0 bridgehead atoms. The third-order valence-corrected chi connectivity index (χ3v) is 7.66. The smallest absolute Gasteiger partial charge is 0.174 e. The number of hydrogen-bond acceptors (Lipinski definition) is 5. The minimum absolute atomic E-state index is 0.438. The highest BCUT2D eigenvalue weighted by Gasteiger charge is 2.37. The van der Waals surface area contributed by atoms with E-state index in [2.05, 4.69) is 63.1 Å². The maximum Gasteiger partial charge on any atom is 0.174 e. The van der Waals surface area contributed by atoms with E-state index in [-0.39, 0.29) is 0 Å². The summed E-state index contributed by atoms with van der Waals surface area (Å²) in [6, 6.07) is 17.6. The van der Waals surface area contributed by atoms with Crippen LogP contribution < -0.4 is 4.74 Å². The van der Waals surface area contributed by atoms with Gasteiger partial charge in [0.1, 0.15) is 11.6 Å². The quantitative estimate of drug-likeness (QED) is 0.340. The number of nitrogens with zero attached hydrogens (tertiary/aromatic N) is 6. The normalized spacial score (nSPS) is 19.9. The summed E-state index contributed by atoms with van der Waals surface area (Å²) >= 11 is 0. The van der Waals surface area contributed by atoms with Crippen LogP contribution in [0.4, 0.5) is 0 Å². The molecule has 2 aliphatic heterocycles. The molecule has 2 aromatic carbocycles. The molecule has 2 aromatic heterocycles. The first kappa shape index (κ1) is 23.7. The van der Waals surface area contributed by atoms with Gasteiger partial charge < -0.3 is 9.30 Å². The summed E-state index contributed by atoms with van der Waals surface area (Å²) in [6.07, 6.45) is 12.7. The number of fused-ring (bicyclic) bond motifs is 1. The Hall–Kier alpha value is -3.71. The highest BCUT2D eigenvalue weighted by atomic mass is 16.5. The highest BCUT2D eigenvalue weighted by molar-refractivity contribution is 5.69. The first-order valence-corrected chi connectivity index (χ1v) is 13.3. The summed E-state index contributed by atoms with van der Waals surface area (Å²) < 4.78 is 9.80. The molecule has 190 valence electrons. The van der Waals surface area contributed by atoms with E-state index in [4.69, 9.17) is 14.8 Å². The molecular weight excluding hydrogens is 460 g/mol. The zero-order valence-corrected chi connectivity index (χ0v) is 21.6. The van der Waals surface area contributed by atoms with E-state index >= 15 is 0 Å². The van der Waals surface area contributed by atoms with Crippen molar-refractivity contribution in [3.8, 4) is 11.4 Å². The van der Waals surface area contributed by atoms with Crippen LogP contribution in [0.2, 0.25) is 0 Å². The first-order valence-electron chi connectivity index (χ1n) is 13.3. The zero-order valence-electron chi connectivity index (χ0n) is 21.6. The molecule has 0 aliphatic carbocycles. The van der Waals surface area contributed by atoms with Gasteiger partial charge in [-0.1, -0.05) is 42.5 Å². The van der Waals surface area contributed by atoms with Crippen LogP contribution in [-0.4, -0.2) is 48.9 Å². The summed E-state index contributed by atoms with van der Waals surface area (Å²) in [5, 5.41) is 4.86. The summed E-state index contributed by atoms with van der Waals surface area (Å²) in [4.78, 5) is 12.0. The van der Waals surface area contributed by atoms with Crippen molar-refractivity contribution in [2.75, 3.05) is 13.7 Å². The molecule has 1 saturated heterocycles. The summed E-state index contributed by atoms with van der Waals surface area (Å²) in [5.41, 5.74) is 4.38. The number of benzene rings is 2. The molecule has 0 N–H and O–H groups in total. The van der Waals surface area contributed by atoms with Crippen LogP contribution >= 0.6 is 0 Å². The van der Waals surface area contributed by atoms with E-state index in [0.29, 0.717) is 12.0 Å². The lowest BCUT2D eigenvalue weighted by molar-refractivity contribution is 0.191. The number of aromatic nitrogens is 5. The van der Waals surface area contributed by atoms with Gasteiger partial charge in [-0.2, -0.15) is 5.10 Å². The number of rotatable bonds is 7. The Balaban J connectivity index is 1.21. The molecule has 7 heteroatoms. The SMILES string of the molecule is COc1cc(C=Cc2nc3n(n2)CCC[C@@H]3C2CCCN2Cc2ccccc2)ccc1-n1cnc(C)c1. The number of ether oxygens (including phenoxy) is 1. The Morgan fingerprint density at radius 1 is 1.03 bits per heavy atom. The van der Waals surface area contributed by atoms with Crippen LogP contribution in [0.5, 0.6) is 5.75 Å². The molecule has 37 heavy (non-hydrogen) atoms. The van der Waals surface area contributed by atoms with E-state index in [1.807, 2.05) is 36.2 Å². The second-order valence-electron chi connectivity index (χ2n) is 10.2.